The van der Waals surface area contributed by atoms with Crippen LogP contribution in [-0.2, 0) is 14.8 Å². The fourth-order valence-corrected chi connectivity index (χ4v) is 3.65. The summed E-state index contributed by atoms with van der Waals surface area (Å²) in [5, 5.41) is 2.74. The Morgan fingerprint density at radius 3 is 2.74 bits per heavy atom. The van der Waals surface area contributed by atoms with Gasteiger partial charge in [-0.15, -0.1) is 0 Å². The number of nitrogens with one attached hydrogen (secondary N) is 2. The van der Waals surface area contributed by atoms with Crippen molar-refractivity contribution < 1.29 is 17.9 Å². The van der Waals surface area contributed by atoms with E-state index in [2.05, 4.69) is 17.0 Å². The van der Waals surface area contributed by atoms with Gasteiger partial charge in [0, 0.05) is 6.04 Å². The Balaban J connectivity index is 2.21. The highest BCUT2D eigenvalue weighted by Gasteiger charge is 2.28. The molecule has 1 aliphatic heterocycles. The molecule has 2 rings (SSSR count). The van der Waals surface area contributed by atoms with Crippen LogP contribution in [0.3, 0.4) is 0 Å². The largest absolute Gasteiger partial charge is 0.478 e. The number of rotatable bonds is 7. The van der Waals surface area contributed by atoms with Crippen LogP contribution in [0.25, 0.3) is 0 Å². The standard InChI is InChI=1S/C16H24N2O4S/c1-4-6-7-15-16(19)17-13-10-12(8-9-14(13)22-15)23(20,21)18-11(3)5-2/h8-11,15,18H,4-7H2,1-3H3,(H,17,19). The SMILES string of the molecule is CCCCC1Oc2ccc(S(=O)(=O)NC(C)CC)cc2NC1=O. The molecule has 0 radical (unpaired) electrons. The molecule has 0 bridgehead atoms. The van der Waals surface area contributed by atoms with Gasteiger partial charge in [-0.2, -0.15) is 0 Å². The van der Waals surface area contributed by atoms with Gasteiger partial charge in [-0.25, -0.2) is 13.1 Å². The summed E-state index contributed by atoms with van der Waals surface area (Å²) < 4.78 is 32.9. The van der Waals surface area contributed by atoms with Crippen molar-refractivity contribution in [3.63, 3.8) is 0 Å². The van der Waals surface area contributed by atoms with Crippen LogP contribution in [0.5, 0.6) is 5.75 Å². The van der Waals surface area contributed by atoms with Gasteiger partial charge in [0.2, 0.25) is 10.0 Å². The normalized spacial score (nSPS) is 18.7. The van der Waals surface area contributed by atoms with Crippen LogP contribution in [0.4, 0.5) is 5.69 Å². The van der Waals surface area contributed by atoms with Gasteiger partial charge in [-0.1, -0.05) is 20.3 Å². The zero-order chi connectivity index (χ0) is 17.0. The van der Waals surface area contributed by atoms with Crippen molar-refractivity contribution in [2.75, 3.05) is 5.32 Å². The van der Waals surface area contributed by atoms with E-state index >= 15 is 0 Å². The van der Waals surface area contributed by atoms with Crippen LogP contribution < -0.4 is 14.8 Å². The molecule has 0 saturated heterocycles. The van der Waals surface area contributed by atoms with Gasteiger partial charge in [0.15, 0.2) is 6.10 Å². The number of hydrogen-bond acceptors (Lipinski definition) is 4. The molecule has 0 aliphatic carbocycles. The molecule has 1 aromatic carbocycles. The Kier molecular flexibility index (Phi) is 5.64. The van der Waals surface area contributed by atoms with Gasteiger partial charge in [0.05, 0.1) is 10.6 Å². The Morgan fingerprint density at radius 2 is 2.09 bits per heavy atom. The Hall–Kier alpha value is -1.60. The minimum atomic E-state index is -3.61. The highest BCUT2D eigenvalue weighted by Crippen LogP contribution is 2.32. The van der Waals surface area contributed by atoms with Crippen LogP contribution in [0.1, 0.15) is 46.5 Å². The van der Waals surface area contributed by atoms with Crippen LogP contribution in [0.2, 0.25) is 0 Å². The zero-order valence-corrected chi connectivity index (χ0v) is 14.6. The molecule has 128 valence electrons. The molecule has 23 heavy (non-hydrogen) atoms. The van der Waals surface area contributed by atoms with Gasteiger partial charge in [0.25, 0.3) is 5.91 Å². The summed E-state index contributed by atoms with van der Waals surface area (Å²) in [5.74, 6) is 0.281. The number of ether oxygens (including phenoxy) is 1. The number of anilines is 1. The number of hydrogen-bond donors (Lipinski definition) is 2. The molecule has 1 heterocycles. The fraction of sp³-hybridized carbons (Fsp3) is 0.562. The van der Waals surface area contributed by atoms with Crippen molar-refractivity contribution in [2.45, 2.75) is 63.5 Å². The molecule has 0 spiro atoms. The lowest BCUT2D eigenvalue weighted by molar-refractivity contribution is -0.123. The lowest BCUT2D eigenvalue weighted by atomic mass is 10.1. The second-order valence-electron chi connectivity index (χ2n) is 5.83. The monoisotopic (exact) mass is 340 g/mol. The number of carbonyl (C=O) groups is 1. The predicted molar refractivity (Wildman–Crippen MR) is 89.1 cm³/mol. The Bertz CT molecular complexity index is 673. The van der Waals surface area contributed by atoms with Gasteiger partial charge in [-0.3, -0.25) is 4.79 Å². The van der Waals surface area contributed by atoms with E-state index in [1.807, 2.05) is 6.92 Å². The fourth-order valence-electron chi connectivity index (χ4n) is 2.29. The van der Waals surface area contributed by atoms with Gasteiger partial charge >= 0.3 is 0 Å². The quantitative estimate of drug-likeness (QED) is 0.799. The molecule has 6 nitrogen and oxygen atoms in total. The molecule has 7 heteroatoms. The molecular formula is C16H24N2O4S. The molecular weight excluding hydrogens is 316 g/mol. The summed E-state index contributed by atoms with van der Waals surface area (Å²) in [6.45, 7) is 5.76. The van der Waals surface area contributed by atoms with Crippen molar-refractivity contribution in [3.8, 4) is 5.75 Å². The smallest absolute Gasteiger partial charge is 0.265 e. The molecule has 1 aromatic rings. The summed E-state index contributed by atoms with van der Waals surface area (Å²) in [6.07, 6.45) is 2.72. The molecule has 1 aliphatic rings. The van der Waals surface area contributed by atoms with Crippen LogP contribution in [-0.4, -0.2) is 26.5 Å². The maximum absolute atomic E-state index is 12.3. The van der Waals surface area contributed by atoms with Gasteiger partial charge in [-0.05, 0) is 44.4 Å². The van der Waals surface area contributed by atoms with E-state index < -0.39 is 16.1 Å². The lowest BCUT2D eigenvalue weighted by Gasteiger charge is -2.26. The number of carbonyl (C=O) groups excluding carboxylic acids is 1. The van der Waals surface area contributed by atoms with E-state index in [1.54, 1.807) is 13.0 Å². The molecule has 0 saturated carbocycles. The highest BCUT2D eigenvalue weighted by atomic mass is 32.2. The van der Waals surface area contributed by atoms with Crippen LogP contribution in [0.15, 0.2) is 23.1 Å². The van der Waals surface area contributed by atoms with Crippen molar-refractivity contribution in [3.05, 3.63) is 18.2 Å². The zero-order valence-electron chi connectivity index (χ0n) is 13.8. The number of benzene rings is 1. The van der Waals surface area contributed by atoms with Crippen molar-refractivity contribution in [1.82, 2.24) is 4.72 Å². The molecule has 2 atom stereocenters. The lowest BCUT2D eigenvalue weighted by Crippen LogP contribution is -2.37. The number of sulfonamides is 1. The summed E-state index contributed by atoms with van der Waals surface area (Å²) in [7, 11) is -3.61. The predicted octanol–water partition coefficient (Wildman–Crippen LogP) is 2.65. The van der Waals surface area contributed by atoms with E-state index in [9.17, 15) is 13.2 Å². The summed E-state index contributed by atoms with van der Waals surface area (Å²) in [5.41, 5.74) is 0.398. The second-order valence-corrected chi connectivity index (χ2v) is 7.54. The first kappa shape index (κ1) is 17.7. The minimum absolute atomic E-state index is 0.118. The summed E-state index contributed by atoms with van der Waals surface area (Å²) >= 11 is 0. The number of fused-ring (bicyclic) bond motifs is 1. The molecule has 0 fully saturated rings. The van der Waals surface area contributed by atoms with E-state index in [4.69, 9.17) is 4.74 Å². The average molecular weight is 340 g/mol. The number of amides is 1. The third kappa shape index (κ3) is 4.23. The average Bonchev–Trinajstić information content (AvgIpc) is 2.51. The summed E-state index contributed by atoms with van der Waals surface area (Å²) in [4.78, 5) is 12.2. The van der Waals surface area contributed by atoms with Crippen molar-refractivity contribution in [2.24, 2.45) is 0 Å². The van der Waals surface area contributed by atoms with E-state index in [1.165, 1.54) is 12.1 Å². The molecule has 2 N–H and O–H groups in total. The molecule has 0 aromatic heterocycles. The Morgan fingerprint density at radius 1 is 1.35 bits per heavy atom. The first-order valence-electron chi connectivity index (χ1n) is 8.01. The molecule has 1 amide bonds. The molecule has 2 unspecified atom stereocenters. The van der Waals surface area contributed by atoms with E-state index in [0.29, 0.717) is 24.3 Å². The third-order valence-electron chi connectivity index (χ3n) is 3.87. The topological polar surface area (TPSA) is 84.5 Å². The van der Waals surface area contributed by atoms with Crippen molar-refractivity contribution in [1.29, 1.82) is 0 Å². The van der Waals surface area contributed by atoms with E-state index in [-0.39, 0.29) is 16.8 Å². The first-order valence-corrected chi connectivity index (χ1v) is 9.49. The maximum Gasteiger partial charge on any atom is 0.265 e. The highest BCUT2D eigenvalue weighted by molar-refractivity contribution is 7.89. The third-order valence-corrected chi connectivity index (χ3v) is 5.46. The first-order chi connectivity index (χ1) is 10.9. The van der Waals surface area contributed by atoms with Crippen molar-refractivity contribution >= 4 is 21.6 Å². The van der Waals surface area contributed by atoms with Crippen LogP contribution in [0, 0.1) is 0 Å². The van der Waals surface area contributed by atoms with E-state index in [0.717, 1.165) is 12.8 Å². The maximum atomic E-state index is 12.3. The minimum Gasteiger partial charge on any atom is -0.478 e. The summed E-state index contributed by atoms with van der Waals surface area (Å²) in [6, 6.07) is 4.38. The Labute approximate surface area is 137 Å². The van der Waals surface area contributed by atoms with Gasteiger partial charge < -0.3 is 10.1 Å². The van der Waals surface area contributed by atoms with Gasteiger partial charge in [0.1, 0.15) is 5.75 Å². The number of unbranched alkanes of at least 4 members (excludes halogenated alkanes) is 1. The van der Waals surface area contributed by atoms with Crippen LogP contribution >= 0.6 is 0 Å². The second kappa shape index (κ2) is 7.31.